The number of halogens is 1. The van der Waals surface area contributed by atoms with Gasteiger partial charge in [0.25, 0.3) is 0 Å². The van der Waals surface area contributed by atoms with Crippen LogP contribution < -0.4 is 4.74 Å². The highest BCUT2D eigenvalue weighted by atomic mass is 35.5. The molecule has 1 rings (SSSR count). The summed E-state index contributed by atoms with van der Waals surface area (Å²) in [6, 6.07) is 2.91. The summed E-state index contributed by atoms with van der Waals surface area (Å²) in [5.74, 6) is -0.488. The summed E-state index contributed by atoms with van der Waals surface area (Å²) in [5, 5.41) is 18.3. The fourth-order valence-corrected chi connectivity index (χ4v) is 0.854. The molecule has 0 saturated heterocycles. The van der Waals surface area contributed by atoms with E-state index in [-0.39, 0.29) is 22.3 Å². The van der Waals surface area contributed by atoms with E-state index in [0.717, 1.165) is 0 Å². The first-order chi connectivity index (χ1) is 5.16. The molecule has 0 unspecified atom stereocenters. The molecule has 0 aliphatic heterocycles. The fourth-order valence-electron chi connectivity index (χ4n) is 0.701. The first kappa shape index (κ1) is 8.01. The summed E-state index contributed by atoms with van der Waals surface area (Å²) in [6.07, 6.45) is 0. The van der Waals surface area contributed by atoms with Crippen LogP contribution >= 0.6 is 11.6 Å². The highest BCUT2D eigenvalue weighted by Crippen LogP contribution is 2.39. The predicted octanol–water partition coefficient (Wildman–Crippen LogP) is 1.76. The second-order valence-electron chi connectivity index (χ2n) is 1.95. The van der Waals surface area contributed by atoms with Crippen LogP contribution in [-0.2, 0) is 0 Å². The Morgan fingerprint density at radius 2 is 1.91 bits per heavy atom. The molecule has 0 fully saturated rings. The predicted molar refractivity (Wildman–Crippen MR) is 41.3 cm³/mol. The van der Waals surface area contributed by atoms with Gasteiger partial charge in [-0.2, -0.15) is 0 Å². The van der Waals surface area contributed by atoms with Gasteiger partial charge >= 0.3 is 0 Å². The SMILES string of the molecule is COc1ccc(Cl)c(O)c1O. The van der Waals surface area contributed by atoms with Crippen molar-refractivity contribution in [2.45, 2.75) is 0 Å². The number of rotatable bonds is 1. The maximum absolute atomic E-state index is 9.12. The number of phenolic OH excluding ortho intramolecular Hbond substituents is 2. The first-order valence-electron chi connectivity index (χ1n) is 2.91. The van der Waals surface area contributed by atoms with Crippen molar-refractivity contribution in [3.05, 3.63) is 17.2 Å². The van der Waals surface area contributed by atoms with Crippen LogP contribution in [0, 0.1) is 0 Å². The standard InChI is InChI=1S/C7H7ClO3/c1-11-5-3-2-4(8)6(9)7(5)10/h2-3,9-10H,1H3. The van der Waals surface area contributed by atoms with E-state index in [1.54, 1.807) is 0 Å². The summed E-state index contributed by atoms with van der Waals surface area (Å²) in [6.45, 7) is 0. The lowest BCUT2D eigenvalue weighted by Crippen LogP contribution is -1.83. The van der Waals surface area contributed by atoms with Crippen molar-refractivity contribution in [3.63, 3.8) is 0 Å². The maximum atomic E-state index is 9.12. The third kappa shape index (κ3) is 1.33. The molecule has 0 spiro atoms. The minimum absolute atomic E-state index is 0.100. The Labute approximate surface area is 68.8 Å². The minimum atomic E-state index is -0.356. The maximum Gasteiger partial charge on any atom is 0.202 e. The van der Waals surface area contributed by atoms with Crippen LogP contribution in [0.1, 0.15) is 0 Å². The number of aromatic hydroxyl groups is 2. The molecule has 1 aromatic carbocycles. The van der Waals surface area contributed by atoms with Gasteiger partial charge in [0.2, 0.25) is 5.75 Å². The Bertz CT molecular complexity index is 273. The van der Waals surface area contributed by atoms with Gasteiger partial charge in [-0.25, -0.2) is 0 Å². The number of hydrogen-bond acceptors (Lipinski definition) is 3. The molecular weight excluding hydrogens is 168 g/mol. The van der Waals surface area contributed by atoms with Crippen molar-refractivity contribution in [1.29, 1.82) is 0 Å². The van der Waals surface area contributed by atoms with Crippen LogP contribution in [0.2, 0.25) is 5.02 Å². The molecule has 0 radical (unpaired) electrons. The molecular formula is C7H7ClO3. The first-order valence-corrected chi connectivity index (χ1v) is 3.29. The molecule has 0 aliphatic rings. The van der Waals surface area contributed by atoms with E-state index in [9.17, 15) is 0 Å². The number of phenols is 2. The third-order valence-corrected chi connectivity index (χ3v) is 1.59. The van der Waals surface area contributed by atoms with E-state index in [1.165, 1.54) is 19.2 Å². The van der Waals surface area contributed by atoms with Gasteiger partial charge in [-0.3, -0.25) is 0 Å². The van der Waals surface area contributed by atoms with Gasteiger partial charge in [0.1, 0.15) is 0 Å². The summed E-state index contributed by atoms with van der Waals surface area (Å²) in [4.78, 5) is 0. The molecule has 60 valence electrons. The largest absolute Gasteiger partial charge is 0.503 e. The smallest absolute Gasteiger partial charge is 0.202 e. The molecule has 0 saturated carbocycles. The topological polar surface area (TPSA) is 49.7 Å². The molecule has 0 heterocycles. The van der Waals surface area contributed by atoms with Crippen LogP contribution in [0.4, 0.5) is 0 Å². The van der Waals surface area contributed by atoms with E-state index in [0.29, 0.717) is 0 Å². The molecule has 0 atom stereocenters. The third-order valence-electron chi connectivity index (χ3n) is 1.28. The van der Waals surface area contributed by atoms with Crippen molar-refractivity contribution in [1.82, 2.24) is 0 Å². The van der Waals surface area contributed by atoms with Gasteiger partial charge < -0.3 is 14.9 Å². The van der Waals surface area contributed by atoms with E-state index in [2.05, 4.69) is 0 Å². The zero-order valence-corrected chi connectivity index (χ0v) is 6.59. The monoisotopic (exact) mass is 174 g/mol. The minimum Gasteiger partial charge on any atom is -0.503 e. The average Bonchev–Trinajstić information content (AvgIpc) is 2.01. The average molecular weight is 175 g/mol. The molecule has 0 aliphatic carbocycles. The van der Waals surface area contributed by atoms with E-state index < -0.39 is 0 Å². The quantitative estimate of drug-likeness (QED) is 0.638. The van der Waals surface area contributed by atoms with E-state index in [4.69, 9.17) is 26.6 Å². The normalized spacial score (nSPS) is 9.64. The lowest BCUT2D eigenvalue weighted by atomic mass is 10.3. The van der Waals surface area contributed by atoms with Crippen molar-refractivity contribution < 1.29 is 14.9 Å². The lowest BCUT2D eigenvalue weighted by molar-refractivity contribution is 0.351. The number of benzene rings is 1. The molecule has 3 nitrogen and oxygen atoms in total. The van der Waals surface area contributed by atoms with Gasteiger partial charge in [0, 0.05) is 0 Å². The molecule has 4 heteroatoms. The van der Waals surface area contributed by atoms with Crippen molar-refractivity contribution in [3.8, 4) is 17.2 Å². The zero-order valence-electron chi connectivity index (χ0n) is 5.84. The fraction of sp³-hybridized carbons (Fsp3) is 0.143. The van der Waals surface area contributed by atoms with Crippen LogP contribution in [0.5, 0.6) is 17.2 Å². The van der Waals surface area contributed by atoms with Gasteiger partial charge in [0.15, 0.2) is 11.5 Å². The summed E-state index contributed by atoms with van der Waals surface area (Å²) < 4.78 is 4.71. The van der Waals surface area contributed by atoms with Crippen LogP contribution in [0.25, 0.3) is 0 Å². The number of methoxy groups -OCH3 is 1. The Balaban J connectivity index is 3.25. The van der Waals surface area contributed by atoms with Crippen LogP contribution in [0.15, 0.2) is 12.1 Å². The van der Waals surface area contributed by atoms with Gasteiger partial charge in [0.05, 0.1) is 12.1 Å². The molecule has 1 aromatic rings. The second-order valence-corrected chi connectivity index (χ2v) is 2.35. The number of ether oxygens (including phenoxy) is 1. The van der Waals surface area contributed by atoms with E-state index >= 15 is 0 Å². The highest BCUT2D eigenvalue weighted by molar-refractivity contribution is 6.32. The van der Waals surface area contributed by atoms with E-state index in [1.807, 2.05) is 0 Å². The number of hydrogen-bond donors (Lipinski definition) is 2. The van der Waals surface area contributed by atoms with Crippen molar-refractivity contribution >= 4 is 11.6 Å². The Morgan fingerprint density at radius 1 is 1.27 bits per heavy atom. The molecule has 2 N–H and O–H groups in total. The summed E-state index contributed by atoms with van der Waals surface area (Å²) in [5.41, 5.74) is 0. The molecule has 0 bridgehead atoms. The molecule has 0 aromatic heterocycles. The van der Waals surface area contributed by atoms with Crippen molar-refractivity contribution in [2.24, 2.45) is 0 Å². The Kier molecular flexibility index (Phi) is 2.10. The molecule has 11 heavy (non-hydrogen) atoms. The highest BCUT2D eigenvalue weighted by Gasteiger charge is 2.09. The van der Waals surface area contributed by atoms with Gasteiger partial charge in [-0.15, -0.1) is 0 Å². The molecule has 0 amide bonds. The van der Waals surface area contributed by atoms with Gasteiger partial charge in [-0.05, 0) is 12.1 Å². The lowest BCUT2D eigenvalue weighted by Gasteiger charge is -2.04. The Hall–Kier alpha value is -1.09. The second kappa shape index (κ2) is 2.88. The van der Waals surface area contributed by atoms with Crippen molar-refractivity contribution in [2.75, 3.05) is 7.11 Å². The summed E-state index contributed by atoms with van der Waals surface area (Å²) >= 11 is 5.48. The Morgan fingerprint density at radius 3 is 2.45 bits per heavy atom. The summed E-state index contributed by atoms with van der Waals surface area (Å²) in [7, 11) is 1.39. The zero-order chi connectivity index (χ0) is 8.43. The van der Waals surface area contributed by atoms with Crippen LogP contribution in [-0.4, -0.2) is 17.3 Å². The van der Waals surface area contributed by atoms with Gasteiger partial charge in [-0.1, -0.05) is 11.6 Å². The van der Waals surface area contributed by atoms with Crippen LogP contribution in [0.3, 0.4) is 0 Å².